The van der Waals surface area contributed by atoms with Gasteiger partial charge in [0.05, 0.1) is 7.11 Å². The molecule has 2 unspecified atom stereocenters. The summed E-state index contributed by atoms with van der Waals surface area (Å²) in [6.45, 7) is 2.00. The molecule has 0 heterocycles. The topological polar surface area (TPSA) is 44.5 Å². The maximum atomic E-state index is 6.09. The number of allylic oxidation sites excluding steroid dienone is 1. The van der Waals surface area contributed by atoms with Gasteiger partial charge in [0.1, 0.15) is 17.6 Å². The van der Waals surface area contributed by atoms with Gasteiger partial charge < -0.3 is 15.2 Å². The van der Waals surface area contributed by atoms with E-state index in [0.29, 0.717) is 0 Å². The number of rotatable bonds is 5. The molecule has 0 spiro atoms. The van der Waals surface area contributed by atoms with Crippen molar-refractivity contribution >= 4 is 0 Å². The summed E-state index contributed by atoms with van der Waals surface area (Å²) in [5.74, 6) is 1.77. The lowest BCUT2D eigenvalue weighted by Gasteiger charge is -2.21. The normalized spacial score (nSPS) is 20.1. The van der Waals surface area contributed by atoms with Gasteiger partial charge >= 0.3 is 0 Å². The van der Waals surface area contributed by atoms with Crippen molar-refractivity contribution in [2.75, 3.05) is 7.11 Å². The Kier molecular flexibility index (Phi) is 4.86. The first-order valence-electron chi connectivity index (χ1n) is 6.95. The summed E-state index contributed by atoms with van der Waals surface area (Å²) in [6, 6.07) is 6.05. The molecule has 1 aliphatic rings. The van der Waals surface area contributed by atoms with E-state index in [2.05, 4.69) is 12.2 Å². The summed E-state index contributed by atoms with van der Waals surface area (Å²) >= 11 is 0. The Morgan fingerprint density at radius 1 is 1.42 bits per heavy atom. The van der Waals surface area contributed by atoms with Gasteiger partial charge in [0.15, 0.2) is 0 Å². The van der Waals surface area contributed by atoms with Gasteiger partial charge in [-0.05, 0) is 62.4 Å². The molecule has 2 rings (SSSR count). The van der Waals surface area contributed by atoms with Crippen LogP contribution in [0.25, 0.3) is 0 Å². The third kappa shape index (κ3) is 4.00. The zero-order valence-electron chi connectivity index (χ0n) is 11.8. The molecular formula is C16H23NO2. The van der Waals surface area contributed by atoms with Crippen molar-refractivity contribution in [3.63, 3.8) is 0 Å². The van der Waals surface area contributed by atoms with Crippen LogP contribution in [0.2, 0.25) is 0 Å². The van der Waals surface area contributed by atoms with Crippen LogP contribution >= 0.6 is 0 Å². The van der Waals surface area contributed by atoms with Crippen molar-refractivity contribution in [2.45, 2.75) is 44.8 Å². The van der Waals surface area contributed by atoms with Crippen molar-refractivity contribution in [3.8, 4) is 11.5 Å². The summed E-state index contributed by atoms with van der Waals surface area (Å²) in [4.78, 5) is 0. The van der Waals surface area contributed by atoms with Crippen LogP contribution in [0.4, 0.5) is 0 Å². The SMILES string of the molecule is COc1ccc(OC2C=CCCC2)c(CC(C)N)c1. The average molecular weight is 261 g/mol. The standard InChI is InChI=1S/C16H23NO2/c1-12(17)10-13-11-15(18-2)8-9-16(13)19-14-6-4-3-5-7-14/h4,6,8-9,11-12,14H,3,5,7,10,17H2,1-2H3. The van der Waals surface area contributed by atoms with Gasteiger partial charge in [0.25, 0.3) is 0 Å². The molecule has 3 heteroatoms. The molecule has 0 bridgehead atoms. The maximum absolute atomic E-state index is 6.09. The smallest absolute Gasteiger partial charge is 0.123 e. The Hall–Kier alpha value is -1.48. The highest BCUT2D eigenvalue weighted by atomic mass is 16.5. The highest BCUT2D eigenvalue weighted by molar-refractivity contribution is 5.41. The Morgan fingerprint density at radius 3 is 2.89 bits per heavy atom. The van der Waals surface area contributed by atoms with Crippen LogP contribution in [0, 0.1) is 0 Å². The van der Waals surface area contributed by atoms with Crippen LogP contribution in [-0.2, 0) is 6.42 Å². The minimum atomic E-state index is 0.108. The van der Waals surface area contributed by atoms with Crippen LogP contribution in [0.5, 0.6) is 11.5 Å². The fourth-order valence-electron chi connectivity index (χ4n) is 2.35. The van der Waals surface area contributed by atoms with Crippen molar-refractivity contribution in [3.05, 3.63) is 35.9 Å². The number of methoxy groups -OCH3 is 1. The Bertz CT molecular complexity index is 440. The van der Waals surface area contributed by atoms with Crippen LogP contribution in [-0.4, -0.2) is 19.3 Å². The minimum absolute atomic E-state index is 0.108. The summed E-state index contributed by atoms with van der Waals surface area (Å²) in [5.41, 5.74) is 7.03. The molecule has 1 aromatic rings. The monoisotopic (exact) mass is 261 g/mol. The van der Waals surface area contributed by atoms with Gasteiger partial charge in [-0.2, -0.15) is 0 Å². The number of hydrogen-bond donors (Lipinski definition) is 1. The predicted octanol–water partition coefficient (Wildman–Crippen LogP) is 3.07. The lowest BCUT2D eigenvalue weighted by atomic mass is 10.0. The molecule has 1 aliphatic carbocycles. The van der Waals surface area contributed by atoms with E-state index in [4.69, 9.17) is 15.2 Å². The molecule has 0 saturated heterocycles. The first-order chi connectivity index (χ1) is 9.19. The Balaban J connectivity index is 2.17. The fraction of sp³-hybridized carbons (Fsp3) is 0.500. The fourth-order valence-corrected chi connectivity index (χ4v) is 2.35. The first kappa shape index (κ1) is 13.9. The highest BCUT2D eigenvalue weighted by Crippen LogP contribution is 2.28. The molecule has 2 N–H and O–H groups in total. The highest BCUT2D eigenvalue weighted by Gasteiger charge is 2.14. The molecule has 0 radical (unpaired) electrons. The molecule has 3 nitrogen and oxygen atoms in total. The van der Waals surface area contributed by atoms with Gasteiger partial charge in [-0.3, -0.25) is 0 Å². The lowest BCUT2D eigenvalue weighted by Crippen LogP contribution is -2.20. The third-order valence-corrected chi connectivity index (χ3v) is 3.30. The Labute approximate surface area is 115 Å². The first-order valence-corrected chi connectivity index (χ1v) is 6.95. The van der Waals surface area contributed by atoms with E-state index >= 15 is 0 Å². The van der Waals surface area contributed by atoms with Gasteiger partial charge in [0, 0.05) is 6.04 Å². The average Bonchev–Trinajstić information content (AvgIpc) is 2.41. The van der Waals surface area contributed by atoms with Crippen LogP contribution < -0.4 is 15.2 Å². The largest absolute Gasteiger partial charge is 0.497 e. The van der Waals surface area contributed by atoms with Crippen LogP contribution in [0.15, 0.2) is 30.4 Å². The molecule has 19 heavy (non-hydrogen) atoms. The number of hydrogen-bond acceptors (Lipinski definition) is 3. The minimum Gasteiger partial charge on any atom is -0.497 e. The third-order valence-electron chi connectivity index (χ3n) is 3.30. The molecule has 0 fully saturated rings. The molecule has 2 atom stereocenters. The van der Waals surface area contributed by atoms with Crippen molar-refractivity contribution in [1.29, 1.82) is 0 Å². The van der Waals surface area contributed by atoms with Gasteiger partial charge in [-0.1, -0.05) is 6.08 Å². The zero-order chi connectivity index (χ0) is 13.7. The second kappa shape index (κ2) is 6.62. The van der Waals surface area contributed by atoms with Crippen molar-refractivity contribution in [2.24, 2.45) is 5.73 Å². The van der Waals surface area contributed by atoms with E-state index < -0.39 is 0 Å². The molecule has 1 aromatic carbocycles. The molecule has 0 amide bonds. The van der Waals surface area contributed by atoms with E-state index in [1.54, 1.807) is 7.11 Å². The summed E-state index contributed by atoms with van der Waals surface area (Å²) in [6.07, 6.45) is 8.78. The summed E-state index contributed by atoms with van der Waals surface area (Å²) in [5, 5.41) is 0. The Morgan fingerprint density at radius 2 is 2.26 bits per heavy atom. The van der Waals surface area contributed by atoms with E-state index in [1.165, 1.54) is 6.42 Å². The van der Waals surface area contributed by atoms with Crippen LogP contribution in [0.3, 0.4) is 0 Å². The van der Waals surface area contributed by atoms with Crippen molar-refractivity contribution in [1.82, 2.24) is 0 Å². The second-order valence-corrected chi connectivity index (χ2v) is 5.17. The second-order valence-electron chi connectivity index (χ2n) is 5.17. The van der Waals surface area contributed by atoms with E-state index in [1.807, 2.05) is 25.1 Å². The summed E-state index contributed by atoms with van der Waals surface area (Å²) in [7, 11) is 1.68. The maximum Gasteiger partial charge on any atom is 0.123 e. The number of ether oxygens (including phenoxy) is 2. The number of benzene rings is 1. The van der Waals surface area contributed by atoms with E-state index in [-0.39, 0.29) is 12.1 Å². The van der Waals surface area contributed by atoms with Gasteiger partial charge in [-0.15, -0.1) is 0 Å². The van der Waals surface area contributed by atoms with Crippen molar-refractivity contribution < 1.29 is 9.47 Å². The molecule has 0 aromatic heterocycles. The van der Waals surface area contributed by atoms with Gasteiger partial charge in [-0.25, -0.2) is 0 Å². The summed E-state index contributed by atoms with van der Waals surface area (Å²) < 4.78 is 11.4. The zero-order valence-corrected chi connectivity index (χ0v) is 11.8. The van der Waals surface area contributed by atoms with Gasteiger partial charge in [0.2, 0.25) is 0 Å². The quantitative estimate of drug-likeness (QED) is 0.828. The van der Waals surface area contributed by atoms with E-state index in [9.17, 15) is 0 Å². The molecule has 0 aliphatic heterocycles. The molecular weight excluding hydrogens is 238 g/mol. The lowest BCUT2D eigenvalue weighted by molar-refractivity contribution is 0.227. The van der Waals surface area contributed by atoms with Crippen LogP contribution in [0.1, 0.15) is 31.7 Å². The number of nitrogens with two attached hydrogens (primary N) is 1. The molecule has 104 valence electrons. The van der Waals surface area contributed by atoms with E-state index in [0.717, 1.165) is 36.3 Å². The molecule has 0 saturated carbocycles. The predicted molar refractivity (Wildman–Crippen MR) is 77.8 cm³/mol.